The Kier molecular flexibility index (Phi) is 5.83. The summed E-state index contributed by atoms with van der Waals surface area (Å²) in [6, 6.07) is 7.86. The summed E-state index contributed by atoms with van der Waals surface area (Å²) in [5, 5.41) is 7.48. The zero-order valence-corrected chi connectivity index (χ0v) is 12.0. The van der Waals surface area contributed by atoms with E-state index in [1.807, 2.05) is 38.1 Å². The number of hydrogen-bond donors (Lipinski definition) is 2. The molecule has 0 radical (unpaired) electrons. The molecular formula is C15H24N2O2. The molecule has 0 atom stereocenters. The van der Waals surface area contributed by atoms with E-state index in [9.17, 15) is 0 Å². The molecule has 1 aromatic rings. The van der Waals surface area contributed by atoms with Crippen LogP contribution in [0.25, 0.3) is 0 Å². The van der Waals surface area contributed by atoms with Crippen molar-refractivity contribution in [3.63, 3.8) is 0 Å². The van der Waals surface area contributed by atoms with E-state index in [0.29, 0.717) is 13.2 Å². The Morgan fingerprint density at radius 2 is 2.11 bits per heavy atom. The molecule has 4 heteroatoms. The van der Waals surface area contributed by atoms with E-state index in [4.69, 9.17) is 20.6 Å². The summed E-state index contributed by atoms with van der Waals surface area (Å²) in [7, 11) is 1.66. The first-order valence-corrected chi connectivity index (χ1v) is 6.51. The van der Waals surface area contributed by atoms with E-state index < -0.39 is 0 Å². The molecule has 0 spiro atoms. The van der Waals surface area contributed by atoms with Gasteiger partial charge in [0, 0.05) is 12.0 Å². The molecule has 0 saturated heterocycles. The van der Waals surface area contributed by atoms with Crippen molar-refractivity contribution in [3.05, 3.63) is 29.8 Å². The summed E-state index contributed by atoms with van der Waals surface area (Å²) < 4.78 is 10.8. The molecule has 0 bridgehead atoms. The van der Waals surface area contributed by atoms with E-state index >= 15 is 0 Å². The van der Waals surface area contributed by atoms with Crippen molar-refractivity contribution < 1.29 is 9.47 Å². The molecule has 1 rings (SSSR count). The van der Waals surface area contributed by atoms with Gasteiger partial charge in [-0.05, 0) is 30.5 Å². The summed E-state index contributed by atoms with van der Waals surface area (Å²) in [5.74, 6) is 1.08. The third-order valence-corrected chi connectivity index (χ3v) is 3.22. The van der Waals surface area contributed by atoms with Gasteiger partial charge >= 0.3 is 0 Å². The van der Waals surface area contributed by atoms with Crippen LogP contribution in [0.4, 0.5) is 0 Å². The van der Waals surface area contributed by atoms with Gasteiger partial charge in [-0.2, -0.15) is 0 Å². The van der Waals surface area contributed by atoms with Crippen LogP contribution in [0.3, 0.4) is 0 Å². The Morgan fingerprint density at radius 1 is 1.37 bits per heavy atom. The summed E-state index contributed by atoms with van der Waals surface area (Å²) in [6.45, 7) is 5.22. The average Bonchev–Trinajstić information content (AvgIpc) is 2.38. The highest BCUT2D eigenvalue weighted by atomic mass is 16.5. The van der Waals surface area contributed by atoms with Crippen LogP contribution in [0, 0.1) is 10.8 Å². The number of benzene rings is 1. The average molecular weight is 264 g/mol. The molecule has 0 aliphatic heterocycles. The summed E-state index contributed by atoms with van der Waals surface area (Å²) in [4.78, 5) is 0. The Labute approximate surface area is 115 Å². The smallest absolute Gasteiger partial charge is 0.119 e. The van der Waals surface area contributed by atoms with Gasteiger partial charge in [-0.3, -0.25) is 5.41 Å². The first-order valence-electron chi connectivity index (χ1n) is 6.51. The third-order valence-electron chi connectivity index (χ3n) is 3.22. The molecule has 0 aromatic heterocycles. The molecule has 0 heterocycles. The van der Waals surface area contributed by atoms with Crippen LogP contribution in [0.2, 0.25) is 0 Å². The Morgan fingerprint density at radius 3 is 2.74 bits per heavy atom. The topological polar surface area (TPSA) is 68.3 Å². The first kappa shape index (κ1) is 15.5. The second-order valence-electron chi connectivity index (χ2n) is 5.31. The fourth-order valence-electron chi connectivity index (χ4n) is 1.70. The Bertz CT molecular complexity index is 416. The van der Waals surface area contributed by atoms with Gasteiger partial charge in [-0.1, -0.05) is 26.0 Å². The van der Waals surface area contributed by atoms with E-state index in [0.717, 1.165) is 24.2 Å². The van der Waals surface area contributed by atoms with Crippen molar-refractivity contribution in [2.75, 3.05) is 13.7 Å². The molecule has 0 amide bonds. The van der Waals surface area contributed by atoms with Gasteiger partial charge in [0.1, 0.15) is 5.75 Å². The number of nitrogens with one attached hydrogen (secondary N) is 1. The lowest BCUT2D eigenvalue weighted by Crippen LogP contribution is -2.30. The van der Waals surface area contributed by atoms with Crippen molar-refractivity contribution in [1.29, 1.82) is 5.41 Å². The monoisotopic (exact) mass is 264 g/mol. The zero-order valence-electron chi connectivity index (χ0n) is 12.0. The van der Waals surface area contributed by atoms with Gasteiger partial charge in [-0.15, -0.1) is 0 Å². The van der Waals surface area contributed by atoms with Gasteiger partial charge < -0.3 is 15.2 Å². The van der Waals surface area contributed by atoms with Crippen LogP contribution < -0.4 is 10.5 Å². The van der Waals surface area contributed by atoms with Gasteiger partial charge in [0.15, 0.2) is 0 Å². The van der Waals surface area contributed by atoms with Crippen molar-refractivity contribution in [2.45, 2.75) is 33.3 Å². The second kappa shape index (κ2) is 7.14. The fourth-order valence-corrected chi connectivity index (χ4v) is 1.70. The maximum Gasteiger partial charge on any atom is 0.119 e. The molecule has 0 saturated carbocycles. The number of methoxy groups -OCH3 is 1. The summed E-state index contributed by atoms with van der Waals surface area (Å²) in [5.41, 5.74) is 6.40. The van der Waals surface area contributed by atoms with Crippen LogP contribution in [0.5, 0.6) is 5.75 Å². The van der Waals surface area contributed by atoms with Crippen LogP contribution in [-0.2, 0) is 11.3 Å². The predicted octanol–water partition coefficient (Wildman–Crippen LogP) is 2.95. The van der Waals surface area contributed by atoms with Gasteiger partial charge in [0.25, 0.3) is 0 Å². The number of ether oxygens (including phenoxy) is 2. The molecule has 3 N–H and O–H groups in total. The predicted molar refractivity (Wildman–Crippen MR) is 77.6 cm³/mol. The highest BCUT2D eigenvalue weighted by Gasteiger charge is 2.20. The van der Waals surface area contributed by atoms with Crippen LogP contribution in [0.15, 0.2) is 24.3 Å². The first-order chi connectivity index (χ1) is 8.95. The normalized spacial score (nSPS) is 11.3. The lowest BCUT2D eigenvalue weighted by molar-refractivity contribution is 0.112. The molecule has 1 aromatic carbocycles. The molecule has 4 nitrogen and oxygen atoms in total. The minimum Gasteiger partial charge on any atom is -0.497 e. The van der Waals surface area contributed by atoms with Crippen LogP contribution in [0.1, 0.15) is 32.3 Å². The molecule has 0 aliphatic rings. The summed E-state index contributed by atoms with van der Waals surface area (Å²) in [6.07, 6.45) is 1.76. The van der Waals surface area contributed by atoms with E-state index in [1.54, 1.807) is 7.11 Å². The van der Waals surface area contributed by atoms with Crippen molar-refractivity contribution in [3.8, 4) is 5.75 Å². The molecule has 0 unspecified atom stereocenters. The van der Waals surface area contributed by atoms with Gasteiger partial charge in [0.05, 0.1) is 19.6 Å². The SMILES string of the molecule is COc1cccc(COCCCC(C)(C)C(=N)N)c1. The van der Waals surface area contributed by atoms with Gasteiger partial charge in [-0.25, -0.2) is 0 Å². The minimum atomic E-state index is -0.237. The highest BCUT2D eigenvalue weighted by Crippen LogP contribution is 2.21. The number of amidine groups is 1. The standard InChI is InChI=1S/C15H24N2O2/c1-15(2,14(16)17)8-5-9-19-11-12-6-4-7-13(10-12)18-3/h4,6-7,10H,5,8-9,11H2,1-3H3,(H3,16,17). The number of nitrogens with two attached hydrogens (primary N) is 1. The zero-order chi connectivity index (χ0) is 14.3. The minimum absolute atomic E-state index is 0.236. The third kappa shape index (κ3) is 5.30. The van der Waals surface area contributed by atoms with Crippen molar-refractivity contribution in [2.24, 2.45) is 11.1 Å². The van der Waals surface area contributed by atoms with Gasteiger partial charge in [0.2, 0.25) is 0 Å². The van der Waals surface area contributed by atoms with Crippen molar-refractivity contribution in [1.82, 2.24) is 0 Å². The largest absolute Gasteiger partial charge is 0.497 e. The van der Waals surface area contributed by atoms with E-state index in [2.05, 4.69) is 0 Å². The molecule has 0 fully saturated rings. The Balaban J connectivity index is 2.26. The van der Waals surface area contributed by atoms with Crippen LogP contribution in [-0.4, -0.2) is 19.6 Å². The number of rotatable bonds is 8. The lowest BCUT2D eigenvalue weighted by atomic mass is 9.87. The maximum absolute atomic E-state index is 7.48. The molecular weight excluding hydrogens is 240 g/mol. The molecule has 106 valence electrons. The fraction of sp³-hybridized carbons (Fsp3) is 0.533. The van der Waals surface area contributed by atoms with Crippen molar-refractivity contribution >= 4 is 5.84 Å². The maximum atomic E-state index is 7.48. The Hall–Kier alpha value is -1.55. The highest BCUT2D eigenvalue weighted by molar-refractivity contribution is 5.82. The number of hydrogen-bond acceptors (Lipinski definition) is 3. The summed E-state index contributed by atoms with van der Waals surface area (Å²) >= 11 is 0. The quantitative estimate of drug-likeness (QED) is 0.431. The molecule has 0 aliphatic carbocycles. The molecule has 19 heavy (non-hydrogen) atoms. The lowest BCUT2D eigenvalue weighted by Gasteiger charge is -2.22. The second-order valence-corrected chi connectivity index (χ2v) is 5.31. The van der Waals surface area contributed by atoms with E-state index in [-0.39, 0.29) is 11.3 Å². The van der Waals surface area contributed by atoms with E-state index in [1.165, 1.54) is 0 Å². The van der Waals surface area contributed by atoms with Crippen LogP contribution >= 0.6 is 0 Å².